The van der Waals surface area contributed by atoms with Crippen LogP contribution in [-0.2, 0) is 11.3 Å². The number of benzene rings is 1. The van der Waals surface area contributed by atoms with Gasteiger partial charge in [-0.25, -0.2) is 0 Å². The van der Waals surface area contributed by atoms with Crippen LogP contribution in [0.25, 0.3) is 0 Å². The van der Waals surface area contributed by atoms with Gasteiger partial charge in [0.1, 0.15) is 6.04 Å². The Morgan fingerprint density at radius 2 is 2.11 bits per heavy atom. The van der Waals surface area contributed by atoms with E-state index in [1.54, 1.807) is 0 Å². The van der Waals surface area contributed by atoms with E-state index in [9.17, 15) is 4.79 Å². The number of carbonyl (C=O) groups is 1. The Kier molecular flexibility index (Phi) is 4.80. The normalized spacial score (nSPS) is 19.4. The van der Waals surface area contributed by atoms with E-state index >= 15 is 0 Å². The van der Waals surface area contributed by atoms with Gasteiger partial charge in [-0.2, -0.15) is 0 Å². The standard InChI is InChI=1S/C15H23N3O/c1-2-17-11-12-6-8-13(9-7-12)18-10-4-3-5-14(18)15(16)19/h6-9,14,17H,2-5,10-11H2,1H3,(H2,16,19). The van der Waals surface area contributed by atoms with Crippen molar-refractivity contribution in [2.75, 3.05) is 18.0 Å². The average Bonchev–Trinajstić information content (AvgIpc) is 2.45. The van der Waals surface area contributed by atoms with Gasteiger partial charge in [-0.15, -0.1) is 0 Å². The topological polar surface area (TPSA) is 58.4 Å². The molecule has 1 saturated heterocycles. The van der Waals surface area contributed by atoms with Crippen LogP contribution in [0.2, 0.25) is 0 Å². The van der Waals surface area contributed by atoms with Crippen LogP contribution >= 0.6 is 0 Å². The average molecular weight is 261 g/mol. The van der Waals surface area contributed by atoms with Crippen LogP contribution in [0.4, 0.5) is 5.69 Å². The lowest BCUT2D eigenvalue weighted by atomic mass is 10.0. The molecule has 0 radical (unpaired) electrons. The molecule has 0 spiro atoms. The van der Waals surface area contributed by atoms with Gasteiger partial charge < -0.3 is 16.0 Å². The van der Waals surface area contributed by atoms with Crippen LogP contribution in [0, 0.1) is 0 Å². The zero-order chi connectivity index (χ0) is 13.7. The molecular formula is C15H23N3O. The first-order valence-corrected chi connectivity index (χ1v) is 7.08. The molecule has 4 nitrogen and oxygen atoms in total. The highest BCUT2D eigenvalue weighted by atomic mass is 16.1. The van der Waals surface area contributed by atoms with Crippen molar-refractivity contribution in [3.8, 4) is 0 Å². The van der Waals surface area contributed by atoms with Gasteiger partial charge in [0, 0.05) is 18.8 Å². The van der Waals surface area contributed by atoms with Gasteiger partial charge in [-0.1, -0.05) is 19.1 Å². The predicted octanol–water partition coefficient (Wildman–Crippen LogP) is 1.64. The molecule has 1 atom stereocenters. The number of nitrogens with zero attached hydrogens (tertiary/aromatic N) is 1. The van der Waals surface area contributed by atoms with Gasteiger partial charge in [0.05, 0.1) is 0 Å². The van der Waals surface area contributed by atoms with E-state index in [0.717, 1.165) is 44.6 Å². The zero-order valence-corrected chi connectivity index (χ0v) is 11.6. The van der Waals surface area contributed by atoms with Crippen LogP contribution in [0.1, 0.15) is 31.7 Å². The quantitative estimate of drug-likeness (QED) is 0.847. The van der Waals surface area contributed by atoms with E-state index < -0.39 is 0 Å². The number of rotatable bonds is 5. The monoisotopic (exact) mass is 261 g/mol. The fraction of sp³-hybridized carbons (Fsp3) is 0.533. The van der Waals surface area contributed by atoms with Crippen LogP contribution in [0.15, 0.2) is 24.3 Å². The molecule has 3 N–H and O–H groups in total. The lowest BCUT2D eigenvalue weighted by Gasteiger charge is -2.35. The minimum absolute atomic E-state index is 0.145. The van der Waals surface area contributed by atoms with E-state index in [4.69, 9.17) is 5.73 Å². The lowest BCUT2D eigenvalue weighted by molar-refractivity contribution is -0.119. The molecule has 1 heterocycles. The third-order valence-electron chi connectivity index (χ3n) is 3.68. The second kappa shape index (κ2) is 6.57. The molecule has 4 heteroatoms. The molecule has 1 fully saturated rings. The summed E-state index contributed by atoms with van der Waals surface area (Å²) in [6.45, 7) is 4.87. The Balaban J connectivity index is 2.09. The summed E-state index contributed by atoms with van der Waals surface area (Å²) in [4.78, 5) is 13.7. The number of hydrogen-bond acceptors (Lipinski definition) is 3. The van der Waals surface area contributed by atoms with Crippen LogP contribution < -0.4 is 16.0 Å². The molecule has 1 aliphatic rings. The molecule has 1 unspecified atom stereocenters. The Morgan fingerprint density at radius 3 is 2.74 bits per heavy atom. The van der Waals surface area contributed by atoms with E-state index in [1.807, 2.05) is 0 Å². The maximum Gasteiger partial charge on any atom is 0.240 e. The molecular weight excluding hydrogens is 238 g/mol. The number of carbonyl (C=O) groups excluding carboxylic acids is 1. The lowest BCUT2D eigenvalue weighted by Crippen LogP contribution is -2.47. The van der Waals surface area contributed by atoms with E-state index in [-0.39, 0.29) is 11.9 Å². The smallest absolute Gasteiger partial charge is 0.240 e. The molecule has 104 valence electrons. The number of piperidine rings is 1. The summed E-state index contributed by atoms with van der Waals surface area (Å²) in [5.74, 6) is -0.212. The van der Waals surface area contributed by atoms with Crippen molar-refractivity contribution in [3.63, 3.8) is 0 Å². The number of amides is 1. The maximum atomic E-state index is 11.5. The summed E-state index contributed by atoms with van der Waals surface area (Å²) in [5.41, 5.74) is 7.86. The van der Waals surface area contributed by atoms with Crippen molar-refractivity contribution in [2.45, 2.75) is 38.8 Å². The Morgan fingerprint density at radius 1 is 1.37 bits per heavy atom. The fourth-order valence-electron chi connectivity index (χ4n) is 2.61. The molecule has 1 aromatic carbocycles. The predicted molar refractivity (Wildman–Crippen MR) is 78.0 cm³/mol. The SMILES string of the molecule is CCNCc1ccc(N2CCCCC2C(N)=O)cc1. The van der Waals surface area contributed by atoms with Crippen LogP contribution in [0.5, 0.6) is 0 Å². The summed E-state index contributed by atoms with van der Waals surface area (Å²) in [5, 5.41) is 3.30. The Bertz CT molecular complexity index is 416. The fourth-order valence-corrected chi connectivity index (χ4v) is 2.61. The minimum Gasteiger partial charge on any atom is -0.368 e. The van der Waals surface area contributed by atoms with Crippen molar-refractivity contribution < 1.29 is 4.79 Å². The summed E-state index contributed by atoms with van der Waals surface area (Å²) in [7, 11) is 0. The van der Waals surface area contributed by atoms with Crippen molar-refractivity contribution in [3.05, 3.63) is 29.8 Å². The highest BCUT2D eigenvalue weighted by molar-refractivity contribution is 5.83. The molecule has 1 amide bonds. The Hall–Kier alpha value is -1.55. The summed E-state index contributed by atoms with van der Waals surface area (Å²) in [6, 6.07) is 8.27. The van der Waals surface area contributed by atoms with E-state index in [2.05, 4.69) is 41.4 Å². The van der Waals surface area contributed by atoms with E-state index in [1.165, 1.54) is 5.56 Å². The second-order valence-electron chi connectivity index (χ2n) is 5.05. The zero-order valence-electron chi connectivity index (χ0n) is 11.6. The van der Waals surface area contributed by atoms with Crippen LogP contribution in [-0.4, -0.2) is 25.0 Å². The number of anilines is 1. The molecule has 0 saturated carbocycles. The van der Waals surface area contributed by atoms with Gasteiger partial charge in [0.25, 0.3) is 0 Å². The second-order valence-corrected chi connectivity index (χ2v) is 5.05. The largest absolute Gasteiger partial charge is 0.368 e. The van der Waals surface area contributed by atoms with Gasteiger partial charge in [-0.3, -0.25) is 4.79 Å². The molecule has 19 heavy (non-hydrogen) atoms. The molecule has 2 rings (SSSR count). The Labute approximate surface area is 115 Å². The van der Waals surface area contributed by atoms with Crippen LogP contribution in [0.3, 0.4) is 0 Å². The third-order valence-corrected chi connectivity index (χ3v) is 3.68. The molecule has 0 aliphatic carbocycles. The highest BCUT2D eigenvalue weighted by Crippen LogP contribution is 2.25. The molecule has 0 bridgehead atoms. The minimum atomic E-state index is -0.212. The number of nitrogens with two attached hydrogens (primary N) is 1. The summed E-state index contributed by atoms with van der Waals surface area (Å²) < 4.78 is 0. The first-order chi connectivity index (χ1) is 9.22. The van der Waals surface area contributed by atoms with E-state index in [0.29, 0.717) is 0 Å². The molecule has 1 aliphatic heterocycles. The number of hydrogen-bond donors (Lipinski definition) is 2. The van der Waals surface area contributed by atoms with Crippen molar-refractivity contribution in [1.29, 1.82) is 0 Å². The number of nitrogens with one attached hydrogen (secondary N) is 1. The van der Waals surface area contributed by atoms with Crippen molar-refractivity contribution in [2.24, 2.45) is 5.73 Å². The van der Waals surface area contributed by atoms with Crippen molar-refractivity contribution >= 4 is 11.6 Å². The summed E-state index contributed by atoms with van der Waals surface area (Å²) >= 11 is 0. The van der Waals surface area contributed by atoms with Crippen molar-refractivity contribution in [1.82, 2.24) is 5.32 Å². The highest BCUT2D eigenvalue weighted by Gasteiger charge is 2.26. The first-order valence-electron chi connectivity index (χ1n) is 7.08. The van der Waals surface area contributed by atoms with Gasteiger partial charge in [0.15, 0.2) is 0 Å². The molecule has 0 aromatic heterocycles. The van der Waals surface area contributed by atoms with Gasteiger partial charge >= 0.3 is 0 Å². The number of primary amides is 1. The van der Waals surface area contributed by atoms with Gasteiger partial charge in [-0.05, 0) is 43.5 Å². The molecule has 1 aromatic rings. The van der Waals surface area contributed by atoms with Gasteiger partial charge in [0.2, 0.25) is 5.91 Å². The first kappa shape index (κ1) is 13.9. The third kappa shape index (κ3) is 3.47. The summed E-state index contributed by atoms with van der Waals surface area (Å²) in [6.07, 6.45) is 3.08. The maximum absolute atomic E-state index is 11.5.